The van der Waals surface area contributed by atoms with Crippen molar-refractivity contribution in [3.8, 4) is 0 Å². The van der Waals surface area contributed by atoms with Gasteiger partial charge in [0, 0.05) is 7.05 Å². The van der Waals surface area contributed by atoms with E-state index in [4.69, 9.17) is 23.2 Å². The lowest BCUT2D eigenvalue weighted by molar-refractivity contribution is -0.122. The molecule has 0 aliphatic rings. The van der Waals surface area contributed by atoms with Crippen molar-refractivity contribution in [3.05, 3.63) is 55.7 Å². The molecule has 2 amide bonds. The van der Waals surface area contributed by atoms with E-state index in [0.29, 0.717) is 4.34 Å². The van der Waals surface area contributed by atoms with Crippen LogP contribution >= 0.6 is 34.5 Å². The molecule has 1 unspecified atom stereocenters. The third-order valence-electron chi connectivity index (χ3n) is 2.96. The standard InChI is InChI=1S/C14H10Cl2F2N2O2S/c1-19-14(22)11(6-2-3-8(17)9(18)4-6)20-13(21)7-5-10(15)23-12(7)16/h2-5,11H,1H3,(H,19,22)(H,20,21). The molecule has 0 bridgehead atoms. The molecule has 122 valence electrons. The van der Waals surface area contributed by atoms with Crippen LogP contribution in [0.5, 0.6) is 0 Å². The summed E-state index contributed by atoms with van der Waals surface area (Å²) in [6.07, 6.45) is 0. The molecule has 0 radical (unpaired) electrons. The second kappa shape index (κ2) is 7.25. The van der Waals surface area contributed by atoms with E-state index >= 15 is 0 Å². The molecule has 0 spiro atoms. The summed E-state index contributed by atoms with van der Waals surface area (Å²) >= 11 is 12.7. The van der Waals surface area contributed by atoms with Gasteiger partial charge in [-0.3, -0.25) is 9.59 Å². The maximum atomic E-state index is 13.4. The Labute approximate surface area is 144 Å². The number of hydrogen-bond acceptors (Lipinski definition) is 3. The van der Waals surface area contributed by atoms with Crippen LogP contribution in [0.3, 0.4) is 0 Å². The number of carbonyl (C=O) groups excluding carboxylic acids is 2. The van der Waals surface area contributed by atoms with Gasteiger partial charge in [0.25, 0.3) is 5.91 Å². The van der Waals surface area contributed by atoms with E-state index in [0.717, 1.165) is 23.5 Å². The van der Waals surface area contributed by atoms with Crippen LogP contribution in [0.25, 0.3) is 0 Å². The molecule has 23 heavy (non-hydrogen) atoms. The van der Waals surface area contributed by atoms with E-state index in [1.54, 1.807) is 0 Å². The highest BCUT2D eigenvalue weighted by Gasteiger charge is 2.25. The maximum absolute atomic E-state index is 13.4. The zero-order valence-corrected chi connectivity index (χ0v) is 14.0. The summed E-state index contributed by atoms with van der Waals surface area (Å²) in [6.45, 7) is 0. The number of carbonyl (C=O) groups is 2. The fraction of sp³-hybridized carbons (Fsp3) is 0.143. The lowest BCUT2D eigenvalue weighted by Crippen LogP contribution is -2.39. The molecule has 1 heterocycles. The molecule has 0 saturated carbocycles. The summed E-state index contributed by atoms with van der Waals surface area (Å²) in [7, 11) is 1.36. The number of amides is 2. The predicted molar refractivity (Wildman–Crippen MR) is 85.0 cm³/mol. The van der Waals surface area contributed by atoms with Crippen LogP contribution in [0, 0.1) is 11.6 Å². The van der Waals surface area contributed by atoms with Crippen molar-refractivity contribution in [2.24, 2.45) is 0 Å². The lowest BCUT2D eigenvalue weighted by atomic mass is 10.1. The average Bonchev–Trinajstić information content (AvgIpc) is 2.85. The molecule has 0 aliphatic heterocycles. The van der Waals surface area contributed by atoms with Gasteiger partial charge in [0.15, 0.2) is 11.6 Å². The molecule has 1 atom stereocenters. The monoisotopic (exact) mass is 378 g/mol. The molecule has 2 aromatic rings. The Balaban J connectivity index is 2.32. The zero-order valence-electron chi connectivity index (χ0n) is 11.6. The summed E-state index contributed by atoms with van der Waals surface area (Å²) in [5, 5.41) is 4.77. The van der Waals surface area contributed by atoms with Crippen molar-refractivity contribution in [2.75, 3.05) is 7.05 Å². The number of likely N-dealkylation sites (N-methyl/N-ethyl adjacent to an activating group) is 1. The molecule has 2 rings (SSSR count). The number of rotatable bonds is 4. The topological polar surface area (TPSA) is 58.2 Å². The molecule has 1 aromatic carbocycles. The van der Waals surface area contributed by atoms with Crippen LogP contribution in [-0.2, 0) is 4.79 Å². The van der Waals surface area contributed by atoms with Gasteiger partial charge in [-0.2, -0.15) is 0 Å². The SMILES string of the molecule is CNC(=O)C(NC(=O)c1cc(Cl)sc1Cl)c1ccc(F)c(F)c1. The molecule has 9 heteroatoms. The number of benzene rings is 1. The Hall–Kier alpha value is -1.70. The van der Waals surface area contributed by atoms with Gasteiger partial charge >= 0.3 is 0 Å². The van der Waals surface area contributed by atoms with Crippen LogP contribution in [0.4, 0.5) is 8.78 Å². The van der Waals surface area contributed by atoms with Crippen molar-refractivity contribution >= 4 is 46.4 Å². The van der Waals surface area contributed by atoms with E-state index in [1.807, 2.05) is 0 Å². The average molecular weight is 379 g/mol. The quantitative estimate of drug-likeness (QED) is 0.854. The van der Waals surface area contributed by atoms with Gasteiger partial charge < -0.3 is 10.6 Å². The summed E-state index contributed by atoms with van der Waals surface area (Å²) in [6, 6.07) is 3.08. The molecule has 0 saturated heterocycles. The van der Waals surface area contributed by atoms with E-state index in [2.05, 4.69) is 10.6 Å². The minimum Gasteiger partial charge on any atom is -0.357 e. The fourth-order valence-electron chi connectivity index (χ4n) is 1.84. The van der Waals surface area contributed by atoms with Gasteiger partial charge in [-0.15, -0.1) is 11.3 Å². The smallest absolute Gasteiger partial charge is 0.254 e. The highest BCUT2D eigenvalue weighted by Crippen LogP contribution is 2.31. The molecule has 0 aliphatic carbocycles. The molecule has 1 aromatic heterocycles. The molecule has 2 N–H and O–H groups in total. The minimum atomic E-state index is -1.21. The minimum absolute atomic E-state index is 0.0917. The van der Waals surface area contributed by atoms with Gasteiger partial charge in [0.2, 0.25) is 5.91 Å². The third kappa shape index (κ3) is 3.99. The predicted octanol–water partition coefficient (Wildman–Crippen LogP) is 3.55. The van der Waals surface area contributed by atoms with Gasteiger partial charge in [-0.1, -0.05) is 29.3 Å². The van der Waals surface area contributed by atoms with Crippen molar-refractivity contribution in [1.29, 1.82) is 0 Å². The van der Waals surface area contributed by atoms with Crippen LogP contribution in [0.1, 0.15) is 22.0 Å². The fourth-order valence-corrected chi connectivity index (χ4v) is 3.30. The van der Waals surface area contributed by atoms with Crippen molar-refractivity contribution in [1.82, 2.24) is 10.6 Å². The van der Waals surface area contributed by atoms with E-state index in [-0.39, 0.29) is 15.5 Å². The summed E-state index contributed by atoms with van der Waals surface area (Å²) in [4.78, 5) is 24.2. The van der Waals surface area contributed by atoms with Gasteiger partial charge in [-0.25, -0.2) is 8.78 Å². The van der Waals surface area contributed by atoms with E-state index in [1.165, 1.54) is 19.2 Å². The van der Waals surface area contributed by atoms with E-state index < -0.39 is 29.5 Å². The van der Waals surface area contributed by atoms with Crippen molar-refractivity contribution in [2.45, 2.75) is 6.04 Å². The highest BCUT2D eigenvalue weighted by molar-refractivity contribution is 7.20. The Kier molecular flexibility index (Phi) is 5.56. The van der Waals surface area contributed by atoms with Gasteiger partial charge in [-0.05, 0) is 23.8 Å². The second-order valence-electron chi connectivity index (χ2n) is 4.43. The first-order valence-electron chi connectivity index (χ1n) is 6.25. The van der Waals surface area contributed by atoms with Crippen LogP contribution in [-0.4, -0.2) is 18.9 Å². The van der Waals surface area contributed by atoms with Crippen LogP contribution in [0.2, 0.25) is 8.67 Å². The number of halogens is 4. The maximum Gasteiger partial charge on any atom is 0.254 e. The zero-order chi connectivity index (χ0) is 17.1. The lowest BCUT2D eigenvalue weighted by Gasteiger charge is -2.17. The van der Waals surface area contributed by atoms with Crippen LogP contribution < -0.4 is 10.6 Å². The number of thiophene rings is 1. The number of nitrogens with one attached hydrogen (secondary N) is 2. The normalized spacial score (nSPS) is 11.9. The third-order valence-corrected chi connectivity index (χ3v) is 4.45. The van der Waals surface area contributed by atoms with Crippen LogP contribution in [0.15, 0.2) is 24.3 Å². The number of hydrogen-bond donors (Lipinski definition) is 2. The van der Waals surface area contributed by atoms with Crippen molar-refractivity contribution < 1.29 is 18.4 Å². The Morgan fingerprint density at radius 1 is 1.17 bits per heavy atom. The second-order valence-corrected chi connectivity index (χ2v) is 6.72. The molecular weight excluding hydrogens is 369 g/mol. The first kappa shape index (κ1) is 17.7. The summed E-state index contributed by atoms with van der Waals surface area (Å²) in [5.74, 6) is -3.43. The highest BCUT2D eigenvalue weighted by atomic mass is 35.5. The summed E-state index contributed by atoms with van der Waals surface area (Å²) < 4.78 is 26.9. The Morgan fingerprint density at radius 3 is 2.39 bits per heavy atom. The first-order chi connectivity index (χ1) is 10.8. The first-order valence-corrected chi connectivity index (χ1v) is 7.83. The van der Waals surface area contributed by atoms with E-state index in [9.17, 15) is 18.4 Å². The van der Waals surface area contributed by atoms with Gasteiger partial charge in [0.1, 0.15) is 10.4 Å². The van der Waals surface area contributed by atoms with Crippen molar-refractivity contribution in [3.63, 3.8) is 0 Å². The Morgan fingerprint density at radius 2 is 1.87 bits per heavy atom. The summed E-state index contributed by atoms with van der Waals surface area (Å²) in [5.41, 5.74) is 0.187. The van der Waals surface area contributed by atoms with Gasteiger partial charge in [0.05, 0.1) is 9.90 Å². The molecule has 4 nitrogen and oxygen atoms in total. The Bertz CT molecular complexity index is 767. The largest absolute Gasteiger partial charge is 0.357 e. The molecule has 0 fully saturated rings. The molecular formula is C14H10Cl2F2N2O2S.